The predicted octanol–water partition coefficient (Wildman–Crippen LogP) is 1.13. The zero-order chi connectivity index (χ0) is 18.4. The maximum absolute atomic E-state index is 11.5. The Morgan fingerprint density at radius 1 is 1.12 bits per heavy atom. The second kappa shape index (κ2) is 13.3. The fourth-order valence-corrected chi connectivity index (χ4v) is 2.27. The second-order valence-electron chi connectivity index (χ2n) is 5.14. The summed E-state index contributed by atoms with van der Waals surface area (Å²) in [5.41, 5.74) is 0. The third kappa shape index (κ3) is 13.4. The highest BCUT2D eigenvalue weighted by molar-refractivity contribution is 7.47. The SMILES string of the molecule is CCCCC(=O)OCC(O)COP(=O)(O)OCCNC(=O)CCC. The van der Waals surface area contributed by atoms with Crippen molar-refractivity contribution in [3.63, 3.8) is 0 Å². The van der Waals surface area contributed by atoms with E-state index in [1.54, 1.807) is 0 Å². The lowest BCUT2D eigenvalue weighted by Gasteiger charge is -2.15. The van der Waals surface area contributed by atoms with Crippen molar-refractivity contribution in [1.82, 2.24) is 5.32 Å². The van der Waals surface area contributed by atoms with Gasteiger partial charge in [-0.25, -0.2) is 4.57 Å². The Balaban J connectivity index is 3.83. The standard InChI is InChI=1S/C14H28NO8P/c1-3-5-7-14(18)21-10-12(16)11-23-24(19,20)22-9-8-15-13(17)6-4-2/h12,16H,3-11H2,1-2H3,(H,15,17)(H,19,20). The van der Waals surface area contributed by atoms with Crippen molar-refractivity contribution in [3.8, 4) is 0 Å². The Labute approximate surface area is 142 Å². The van der Waals surface area contributed by atoms with Crippen LogP contribution in [0.2, 0.25) is 0 Å². The van der Waals surface area contributed by atoms with Gasteiger partial charge in [-0.3, -0.25) is 18.6 Å². The number of amides is 1. The molecule has 142 valence electrons. The van der Waals surface area contributed by atoms with Gasteiger partial charge in [0.15, 0.2) is 0 Å². The number of esters is 1. The fraction of sp³-hybridized carbons (Fsp3) is 0.857. The molecule has 0 aliphatic rings. The summed E-state index contributed by atoms with van der Waals surface area (Å²) in [5, 5.41) is 12.1. The highest BCUT2D eigenvalue weighted by Gasteiger charge is 2.23. The van der Waals surface area contributed by atoms with Gasteiger partial charge in [0, 0.05) is 19.4 Å². The minimum absolute atomic E-state index is 0.0737. The van der Waals surface area contributed by atoms with Crippen LogP contribution in [0.25, 0.3) is 0 Å². The third-order valence-electron chi connectivity index (χ3n) is 2.76. The maximum Gasteiger partial charge on any atom is 0.472 e. The first kappa shape index (κ1) is 23.0. The first-order valence-corrected chi connectivity index (χ1v) is 9.52. The van der Waals surface area contributed by atoms with Gasteiger partial charge < -0.3 is 20.1 Å². The van der Waals surface area contributed by atoms with E-state index in [2.05, 4.69) is 14.4 Å². The van der Waals surface area contributed by atoms with Crippen LogP contribution in [0, 0.1) is 0 Å². The normalized spacial score (nSPS) is 14.7. The van der Waals surface area contributed by atoms with Crippen molar-refractivity contribution < 1.29 is 37.9 Å². The first-order chi connectivity index (χ1) is 11.3. The molecule has 2 atom stereocenters. The molecule has 3 N–H and O–H groups in total. The number of aliphatic hydroxyl groups is 1. The molecule has 0 aromatic heterocycles. The van der Waals surface area contributed by atoms with E-state index in [-0.39, 0.29) is 32.1 Å². The van der Waals surface area contributed by atoms with Gasteiger partial charge in [0.25, 0.3) is 0 Å². The summed E-state index contributed by atoms with van der Waals surface area (Å²) in [6, 6.07) is 0. The average Bonchev–Trinajstić information content (AvgIpc) is 2.53. The number of carbonyl (C=O) groups excluding carboxylic acids is 2. The van der Waals surface area contributed by atoms with Gasteiger partial charge in [-0.1, -0.05) is 20.3 Å². The fourth-order valence-electron chi connectivity index (χ4n) is 1.51. The molecule has 0 rings (SSSR count). The molecule has 0 radical (unpaired) electrons. The molecule has 0 aliphatic heterocycles. The van der Waals surface area contributed by atoms with Gasteiger partial charge in [0.1, 0.15) is 12.7 Å². The quantitative estimate of drug-likeness (QED) is 0.236. The minimum atomic E-state index is -4.34. The predicted molar refractivity (Wildman–Crippen MR) is 86.1 cm³/mol. The van der Waals surface area contributed by atoms with Crippen molar-refractivity contribution in [2.45, 2.75) is 52.1 Å². The van der Waals surface area contributed by atoms with Crippen LogP contribution in [0.4, 0.5) is 0 Å². The van der Waals surface area contributed by atoms with Crippen molar-refractivity contribution >= 4 is 19.7 Å². The number of carbonyl (C=O) groups is 2. The molecule has 0 bridgehead atoms. The number of ether oxygens (including phenoxy) is 1. The Morgan fingerprint density at radius 3 is 2.46 bits per heavy atom. The Hall–Kier alpha value is -0.990. The van der Waals surface area contributed by atoms with Crippen LogP contribution in [0.3, 0.4) is 0 Å². The molecule has 0 aromatic rings. The van der Waals surface area contributed by atoms with Crippen LogP contribution in [-0.4, -0.2) is 54.3 Å². The molecule has 2 unspecified atom stereocenters. The summed E-state index contributed by atoms with van der Waals surface area (Å²) in [7, 11) is -4.34. The molecule has 0 saturated carbocycles. The lowest BCUT2D eigenvalue weighted by molar-refractivity contribution is -0.147. The first-order valence-electron chi connectivity index (χ1n) is 8.03. The zero-order valence-electron chi connectivity index (χ0n) is 14.2. The van der Waals surface area contributed by atoms with Crippen molar-refractivity contribution in [2.75, 3.05) is 26.4 Å². The van der Waals surface area contributed by atoms with Crippen LogP contribution in [0.5, 0.6) is 0 Å². The lowest BCUT2D eigenvalue weighted by atomic mass is 10.2. The Kier molecular flexibility index (Phi) is 12.8. The Morgan fingerprint density at radius 2 is 1.83 bits per heavy atom. The summed E-state index contributed by atoms with van der Waals surface area (Å²) in [4.78, 5) is 31.8. The van der Waals surface area contributed by atoms with E-state index in [1.807, 2.05) is 13.8 Å². The molecule has 0 heterocycles. The van der Waals surface area contributed by atoms with Gasteiger partial charge in [0.2, 0.25) is 5.91 Å². The number of phosphoric acid groups is 1. The second-order valence-corrected chi connectivity index (χ2v) is 6.59. The van der Waals surface area contributed by atoms with Crippen LogP contribution < -0.4 is 5.32 Å². The van der Waals surface area contributed by atoms with Crippen molar-refractivity contribution in [3.05, 3.63) is 0 Å². The van der Waals surface area contributed by atoms with Gasteiger partial charge in [-0.15, -0.1) is 0 Å². The van der Waals surface area contributed by atoms with Crippen LogP contribution in [-0.2, 0) is 27.9 Å². The van der Waals surface area contributed by atoms with Crippen molar-refractivity contribution in [1.29, 1.82) is 0 Å². The van der Waals surface area contributed by atoms with Gasteiger partial charge >= 0.3 is 13.8 Å². The highest BCUT2D eigenvalue weighted by Crippen LogP contribution is 2.42. The summed E-state index contributed by atoms with van der Waals surface area (Å²) >= 11 is 0. The van der Waals surface area contributed by atoms with Crippen LogP contribution in [0.15, 0.2) is 0 Å². The van der Waals surface area contributed by atoms with E-state index in [0.29, 0.717) is 19.3 Å². The van der Waals surface area contributed by atoms with E-state index in [4.69, 9.17) is 4.74 Å². The molecule has 0 fully saturated rings. The van der Waals surface area contributed by atoms with E-state index in [0.717, 1.165) is 6.42 Å². The monoisotopic (exact) mass is 369 g/mol. The summed E-state index contributed by atoms with van der Waals surface area (Å²) in [5.74, 6) is -0.614. The number of unbranched alkanes of at least 4 members (excludes halogenated alkanes) is 1. The number of phosphoric ester groups is 1. The maximum atomic E-state index is 11.5. The van der Waals surface area contributed by atoms with Gasteiger partial charge in [-0.05, 0) is 12.8 Å². The molecular weight excluding hydrogens is 341 g/mol. The molecule has 0 aliphatic carbocycles. The third-order valence-corrected chi connectivity index (χ3v) is 3.74. The van der Waals surface area contributed by atoms with Crippen LogP contribution >= 0.6 is 7.82 Å². The largest absolute Gasteiger partial charge is 0.472 e. The summed E-state index contributed by atoms with van der Waals surface area (Å²) < 4.78 is 25.6. The molecule has 9 nitrogen and oxygen atoms in total. The van der Waals surface area contributed by atoms with E-state index in [1.165, 1.54) is 0 Å². The molecule has 1 amide bonds. The lowest BCUT2D eigenvalue weighted by Crippen LogP contribution is -2.27. The number of hydrogen-bond acceptors (Lipinski definition) is 7. The number of aliphatic hydroxyl groups excluding tert-OH is 1. The molecule has 0 saturated heterocycles. The number of hydrogen-bond donors (Lipinski definition) is 3. The van der Waals surface area contributed by atoms with E-state index < -0.39 is 26.5 Å². The molecule has 10 heteroatoms. The molecular formula is C14H28NO8P. The summed E-state index contributed by atoms with van der Waals surface area (Å²) in [6.45, 7) is 2.82. The smallest absolute Gasteiger partial charge is 0.463 e. The van der Waals surface area contributed by atoms with Crippen molar-refractivity contribution in [2.24, 2.45) is 0 Å². The summed E-state index contributed by atoms with van der Waals surface area (Å²) in [6.07, 6.45) is 1.65. The zero-order valence-corrected chi connectivity index (χ0v) is 15.1. The number of rotatable bonds is 14. The number of nitrogens with one attached hydrogen (secondary N) is 1. The van der Waals surface area contributed by atoms with Gasteiger partial charge in [-0.2, -0.15) is 0 Å². The van der Waals surface area contributed by atoms with Crippen LogP contribution in [0.1, 0.15) is 46.0 Å². The Bertz CT molecular complexity index is 418. The topological polar surface area (TPSA) is 131 Å². The van der Waals surface area contributed by atoms with E-state index >= 15 is 0 Å². The van der Waals surface area contributed by atoms with Gasteiger partial charge in [0.05, 0.1) is 13.2 Å². The molecule has 0 spiro atoms. The minimum Gasteiger partial charge on any atom is -0.463 e. The molecule has 24 heavy (non-hydrogen) atoms. The average molecular weight is 369 g/mol. The highest BCUT2D eigenvalue weighted by atomic mass is 31.2. The molecule has 0 aromatic carbocycles. The van der Waals surface area contributed by atoms with E-state index in [9.17, 15) is 24.2 Å².